The molecule has 0 saturated heterocycles. The van der Waals surface area contributed by atoms with Gasteiger partial charge in [-0.15, -0.1) is 11.3 Å². The number of methoxy groups -OCH3 is 1. The molecule has 0 fully saturated rings. The lowest BCUT2D eigenvalue weighted by atomic mass is 9.98. The van der Waals surface area contributed by atoms with Crippen LogP contribution in [0.4, 0.5) is 0 Å². The van der Waals surface area contributed by atoms with E-state index < -0.39 is 0 Å². The Hall–Kier alpha value is -0.450. The molecule has 0 bridgehead atoms. The Morgan fingerprint density at radius 2 is 2.14 bits per heavy atom. The second kappa shape index (κ2) is 4.87. The number of hydrogen-bond donors (Lipinski definition) is 1. The first kappa shape index (κ1) is 11.6. The molecule has 1 aromatic heterocycles. The Morgan fingerprint density at radius 1 is 1.50 bits per heavy atom. The number of nitrogens with two attached hydrogens (primary N) is 1. The van der Waals surface area contributed by atoms with Crippen molar-refractivity contribution < 1.29 is 4.74 Å². The fourth-order valence-corrected chi connectivity index (χ4v) is 2.69. The largest absolute Gasteiger partial charge is 0.371 e. The highest BCUT2D eigenvalue weighted by Gasteiger charge is 2.31. The third-order valence-electron chi connectivity index (χ3n) is 2.68. The minimum absolute atomic E-state index is 0.210. The zero-order valence-electron chi connectivity index (χ0n) is 9.04. The van der Waals surface area contributed by atoms with Gasteiger partial charge in [-0.2, -0.15) is 0 Å². The van der Waals surface area contributed by atoms with Crippen molar-refractivity contribution in [3.8, 4) is 0 Å². The molecule has 0 spiro atoms. The fraction of sp³-hybridized carbons (Fsp3) is 0.700. The summed E-state index contributed by atoms with van der Waals surface area (Å²) in [7, 11) is 1.75. The zero-order chi connectivity index (χ0) is 10.6. The van der Waals surface area contributed by atoms with Crippen molar-refractivity contribution in [3.63, 3.8) is 0 Å². The van der Waals surface area contributed by atoms with Gasteiger partial charge in [0.05, 0.1) is 5.69 Å². The van der Waals surface area contributed by atoms with E-state index in [2.05, 4.69) is 18.8 Å². The highest BCUT2D eigenvalue weighted by molar-refractivity contribution is 7.09. The van der Waals surface area contributed by atoms with Crippen LogP contribution in [0.15, 0.2) is 5.38 Å². The maximum atomic E-state index is 5.59. The minimum Gasteiger partial charge on any atom is -0.371 e. The Labute approximate surface area is 89.3 Å². The molecule has 1 aromatic rings. The molecule has 1 heterocycles. The normalized spacial score (nSPS) is 12.0. The van der Waals surface area contributed by atoms with Crippen LogP contribution >= 0.6 is 11.3 Å². The molecule has 1 rings (SSSR count). The van der Waals surface area contributed by atoms with Gasteiger partial charge >= 0.3 is 0 Å². The summed E-state index contributed by atoms with van der Waals surface area (Å²) in [6.07, 6.45) is 1.88. The molecule has 3 nitrogen and oxygen atoms in total. The predicted molar refractivity (Wildman–Crippen MR) is 59.3 cm³/mol. The summed E-state index contributed by atoms with van der Waals surface area (Å²) in [6, 6.07) is 0. The van der Waals surface area contributed by atoms with Crippen LogP contribution < -0.4 is 5.73 Å². The second-order valence-corrected chi connectivity index (χ2v) is 4.11. The van der Waals surface area contributed by atoms with Gasteiger partial charge in [-0.05, 0) is 12.8 Å². The van der Waals surface area contributed by atoms with E-state index in [4.69, 9.17) is 10.5 Å². The first-order chi connectivity index (χ1) is 6.72. The SMILES string of the molecule is CCC(CC)(OC)c1nc(CN)cs1. The quantitative estimate of drug-likeness (QED) is 0.818. The van der Waals surface area contributed by atoms with Gasteiger partial charge in [0.25, 0.3) is 0 Å². The molecule has 0 amide bonds. The molecule has 14 heavy (non-hydrogen) atoms. The average molecular weight is 214 g/mol. The summed E-state index contributed by atoms with van der Waals surface area (Å²) < 4.78 is 5.59. The van der Waals surface area contributed by atoms with Crippen LogP contribution in [0.3, 0.4) is 0 Å². The Kier molecular flexibility index (Phi) is 4.04. The number of rotatable bonds is 5. The van der Waals surface area contributed by atoms with Crippen molar-refractivity contribution in [2.24, 2.45) is 5.73 Å². The molecule has 2 N–H and O–H groups in total. The van der Waals surface area contributed by atoms with E-state index in [0.29, 0.717) is 6.54 Å². The van der Waals surface area contributed by atoms with Crippen LogP contribution in [0, 0.1) is 0 Å². The lowest BCUT2D eigenvalue weighted by molar-refractivity contribution is -0.0219. The molecular formula is C10H18N2OS. The first-order valence-corrected chi connectivity index (χ1v) is 5.80. The maximum Gasteiger partial charge on any atom is 0.125 e. The van der Waals surface area contributed by atoms with Gasteiger partial charge in [-0.25, -0.2) is 4.98 Å². The number of ether oxygens (including phenoxy) is 1. The molecule has 0 aromatic carbocycles. The lowest BCUT2D eigenvalue weighted by Crippen LogP contribution is -2.26. The van der Waals surface area contributed by atoms with Gasteiger partial charge in [0.2, 0.25) is 0 Å². The number of thiazole rings is 1. The molecule has 0 unspecified atom stereocenters. The molecule has 0 aliphatic rings. The van der Waals surface area contributed by atoms with Crippen LogP contribution in [0.25, 0.3) is 0 Å². The van der Waals surface area contributed by atoms with E-state index in [1.165, 1.54) is 0 Å². The van der Waals surface area contributed by atoms with Crippen molar-refractivity contribution in [1.29, 1.82) is 0 Å². The van der Waals surface area contributed by atoms with Crippen LogP contribution in [-0.4, -0.2) is 12.1 Å². The van der Waals surface area contributed by atoms with Gasteiger partial charge in [0.1, 0.15) is 10.6 Å². The fourth-order valence-electron chi connectivity index (χ4n) is 1.54. The summed E-state index contributed by atoms with van der Waals surface area (Å²) >= 11 is 1.64. The van der Waals surface area contributed by atoms with Gasteiger partial charge < -0.3 is 10.5 Å². The summed E-state index contributed by atoms with van der Waals surface area (Å²) in [4.78, 5) is 4.48. The summed E-state index contributed by atoms with van der Waals surface area (Å²) in [5.41, 5.74) is 6.28. The molecule has 0 aliphatic heterocycles. The molecular weight excluding hydrogens is 196 g/mol. The van der Waals surface area contributed by atoms with Crippen LogP contribution in [-0.2, 0) is 16.9 Å². The second-order valence-electron chi connectivity index (χ2n) is 3.25. The van der Waals surface area contributed by atoms with Crippen molar-refractivity contribution in [1.82, 2.24) is 4.98 Å². The Morgan fingerprint density at radius 3 is 2.50 bits per heavy atom. The molecule has 80 valence electrons. The predicted octanol–water partition coefficient (Wildman–Crippen LogP) is 2.26. The van der Waals surface area contributed by atoms with Crippen LogP contribution in [0.2, 0.25) is 0 Å². The molecule has 4 heteroatoms. The standard InChI is InChI=1S/C10H18N2OS/c1-4-10(5-2,13-3)9-12-8(6-11)7-14-9/h7H,4-6,11H2,1-3H3. The summed E-state index contributed by atoms with van der Waals surface area (Å²) in [6.45, 7) is 4.75. The van der Waals surface area contributed by atoms with Crippen molar-refractivity contribution >= 4 is 11.3 Å². The summed E-state index contributed by atoms with van der Waals surface area (Å²) in [5.74, 6) is 0. The van der Waals surface area contributed by atoms with Crippen LogP contribution in [0.5, 0.6) is 0 Å². The van der Waals surface area contributed by atoms with Crippen molar-refractivity contribution in [2.75, 3.05) is 7.11 Å². The third kappa shape index (κ3) is 1.97. The topological polar surface area (TPSA) is 48.1 Å². The smallest absolute Gasteiger partial charge is 0.125 e. The van der Waals surface area contributed by atoms with Crippen molar-refractivity contribution in [3.05, 3.63) is 16.1 Å². The van der Waals surface area contributed by atoms with Crippen molar-refractivity contribution in [2.45, 2.75) is 38.8 Å². The first-order valence-electron chi connectivity index (χ1n) is 4.92. The third-order valence-corrected chi connectivity index (χ3v) is 3.76. The monoisotopic (exact) mass is 214 g/mol. The van der Waals surface area contributed by atoms with E-state index in [1.54, 1.807) is 18.4 Å². The van der Waals surface area contributed by atoms with E-state index >= 15 is 0 Å². The van der Waals surface area contributed by atoms with E-state index in [-0.39, 0.29) is 5.60 Å². The van der Waals surface area contributed by atoms with Gasteiger partial charge in [-0.1, -0.05) is 13.8 Å². The van der Waals surface area contributed by atoms with Gasteiger partial charge in [-0.3, -0.25) is 0 Å². The summed E-state index contributed by atoms with van der Waals surface area (Å²) in [5, 5.41) is 3.06. The molecule has 0 aliphatic carbocycles. The number of nitrogens with zero attached hydrogens (tertiary/aromatic N) is 1. The highest BCUT2D eigenvalue weighted by Crippen LogP contribution is 2.34. The average Bonchev–Trinajstić information content (AvgIpc) is 2.71. The van der Waals surface area contributed by atoms with Gasteiger partial charge in [0.15, 0.2) is 0 Å². The number of aromatic nitrogens is 1. The Bertz CT molecular complexity index is 273. The zero-order valence-corrected chi connectivity index (χ0v) is 9.86. The van der Waals surface area contributed by atoms with E-state index in [9.17, 15) is 0 Å². The molecule has 0 radical (unpaired) electrons. The van der Waals surface area contributed by atoms with E-state index in [1.807, 2.05) is 5.38 Å². The maximum absolute atomic E-state index is 5.59. The Balaban J connectivity index is 2.98. The molecule has 0 atom stereocenters. The van der Waals surface area contributed by atoms with Gasteiger partial charge in [0, 0.05) is 19.0 Å². The number of hydrogen-bond acceptors (Lipinski definition) is 4. The van der Waals surface area contributed by atoms with E-state index in [0.717, 1.165) is 23.5 Å². The lowest BCUT2D eigenvalue weighted by Gasteiger charge is -2.27. The van der Waals surface area contributed by atoms with Crippen LogP contribution in [0.1, 0.15) is 37.4 Å². The minimum atomic E-state index is -0.210. The highest BCUT2D eigenvalue weighted by atomic mass is 32.1. The molecule has 0 saturated carbocycles.